The fourth-order valence-electron chi connectivity index (χ4n) is 3.94. The maximum absolute atomic E-state index is 13.4. The molecule has 184 valence electrons. The van der Waals surface area contributed by atoms with Crippen molar-refractivity contribution in [2.45, 2.75) is 6.92 Å². The number of thioether (sulfide) groups is 1. The Kier molecular flexibility index (Phi) is 7.33. The van der Waals surface area contributed by atoms with Crippen LogP contribution >= 0.6 is 11.8 Å². The number of amides is 1. The third-order valence-electron chi connectivity index (χ3n) is 5.67. The summed E-state index contributed by atoms with van der Waals surface area (Å²) in [5.74, 6) is 0.676. The van der Waals surface area contributed by atoms with E-state index in [0.29, 0.717) is 23.2 Å². The van der Waals surface area contributed by atoms with Crippen molar-refractivity contribution in [2.75, 3.05) is 13.2 Å². The minimum Gasteiger partial charge on any atom is -0.494 e. The van der Waals surface area contributed by atoms with Crippen LogP contribution in [0.15, 0.2) is 114 Å². The first-order valence-corrected chi connectivity index (χ1v) is 12.8. The molecule has 6 nitrogen and oxygen atoms in total. The zero-order valence-electron chi connectivity index (χ0n) is 20.4. The first-order chi connectivity index (χ1) is 18.2. The highest BCUT2D eigenvalue weighted by molar-refractivity contribution is 8.18. The SMILES string of the molecule is C=CCN1C(=O)/C(=C/c2cn(-c3ccccc3)nc2-c2ccccc2)SC1=Nc1ccc(OCC)cc1. The van der Waals surface area contributed by atoms with Crippen molar-refractivity contribution >= 4 is 34.6 Å². The van der Waals surface area contributed by atoms with Crippen LogP contribution in [0, 0.1) is 0 Å². The number of carbonyl (C=O) groups excluding carboxylic acids is 1. The zero-order chi connectivity index (χ0) is 25.6. The Morgan fingerprint density at radius 2 is 1.70 bits per heavy atom. The van der Waals surface area contributed by atoms with E-state index in [2.05, 4.69) is 6.58 Å². The number of carbonyl (C=O) groups is 1. The van der Waals surface area contributed by atoms with Gasteiger partial charge in [0.2, 0.25) is 0 Å². The maximum Gasteiger partial charge on any atom is 0.267 e. The first kappa shape index (κ1) is 24.3. The van der Waals surface area contributed by atoms with Crippen LogP contribution in [0.2, 0.25) is 0 Å². The van der Waals surface area contributed by atoms with Crippen molar-refractivity contribution in [3.63, 3.8) is 0 Å². The quantitative estimate of drug-likeness (QED) is 0.196. The van der Waals surface area contributed by atoms with Gasteiger partial charge in [-0.25, -0.2) is 9.67 Å². The number of nitrogens with zero attached hydrogens (tertiary/aromatic N) is 4. The lowest BCUT2D eigenvalue weighted by Crippen LogP contribution is -2.29. The molecule has 0 saturated carbocycles. The number of aromatic nitrogens is 2. The summed E-state index contributed by atoms with van der Waals surface area (Å²) in [7, 11) is 0. The standard InChI is InChI=1S/C30H26N4O2S/c1-3-19-33-29(35)27(37-30(33)31-24-15-17-26(18-16-24)36-4-2)20-23-21-34(25-13-9-6-10-14-25)32-28(23)22-11-7-5-8-12-22/h3,5-18,20-21H,1,4,19H2,2H3/b27-20-,31-30?. The number of amidine groups is 1. The number of ether oxygens (including phenoxy) is 1. The summed E-state index contributed by atoms with van der Waals surface area (Å²) in [6, 6.07) is 27.4. The third-order valence-corrected chi connectivity index (χ3v) is 6.68. The summed E-state index contributed by atoms with van der Waals surface area (Å²) < 4.78 is 7.37. The molecule has 0 unspecified atom stereocenters. The van der Waals surface area contributed by atoms with E-state index in [-0.39, 0.29) is 5.91 Å². The molecule has 3 aromatic carbocycles. The average molecular weight is 507 g/mol. The van der Waals surface area contributed by atoms with Gasteiger partial charge in [0.1, 0.15) is 5.75 Å². The number of rotatable bonds is 8. The Morgan fingerprint density at radius 3 is 2.38 bits per heavy atom. The molecule has 1 aliphatic rings. The highest BCUT2D eigenvalue weighted by Crippen LogP contribution is 2.36. The average Bonchev–Trinajstić information content (AvgIpc) is 3.48. The minimum absolute atomic E-state index is 0.110. The molecule has 1 aromatic heterocycles. The molecule has 5 rings (SSSR count). The lowest BCUT2D eigenvalue weighted by molar-refractivity contribution is -0.121. The molecular formula is C30H26N4O2S. The van der Waals surface area contributed by atoms with Crippen LogP contribution in [0.3, 0.4) is 0 Å². The molecule has 1 saturated heterocycles. The van der Waals surface area contributed by atoms with Gasteiger partial charge in [-0.15, -0.1) is 6.58 Å². The van der Waals surface area contributed by atoms with Gasteiger partial charge in [-0.05, 0) is 61.2 Å². The van der Waals surface area contributed by atoms with Crippen LogP contribution < -0.4 is 4.74 Å². The smallest absolute Gasteiger partial charge is 0.267 e. The van der Waals surface area contributed by atoms with Gasteiger partial charge in [-0.2, -0.15) is 5.10 Å². The summed E-state index contributed by atoms with van der Waals surface area (Å²) in [5, 5.41) is 5.47. The molecule has 0 aliphatic carbocycles. The van der Waals surface area contributed by atoms with Gasteiger partial charge < -0.3 is 4.74 Å². The van der Waals surface area contributed by atoms with Crippen molar-refractivity contribution in [2.24, 2.45) is 4.99 Å². The number of para-hydroxylation sites is 1. The number of hydrogen-bond donors (Lipinski definition) is 0. The molecule has 0 atom stereocenters. The van der Waals surface area contributed by atoms with Crippen LogP contribution in [0.1, 0.15) is 12.5 Å². The molecule has 7 heteroatoms. The van der Waals surface area contributed by atoms with E-state index in [4.69, 9.17) is 14.8 Å². The third kappa shape index (κ3) is 5.42. The summed E-state index contributed by atoms with van der Waals surface area (Å²) >= 11 is 1.35. The lowest BCUT2D eigenvalue weighted by Gasteiger charge is -2.12. The van der Waals surface area contributed by atoms with Crippen LogP contribution in [-0.4, -0.2) is 38.9 Å². The van der Waals surface area contributed by atoms with E-state index in [1.807, 2.05) is 109 Å². The Labute approximate surface area is 220 Å². The van der Waals surface area contributed by atoms with Gasteiger partial charge in [-0.3, -0.25) is 9.69 Å². The zero-order valence-corrected chi connectivity index (χ0v) is 21.3. The van der Waals surface area contributed by atoms with Crippen LogP contribution in [0.5, 0.6) is 5.75 Å². The van der Waals surface area contributed by atoms with Crippen molar-refractivity contribution in [3.8, 4) is 22.7 Å². The molecular weight excluding hydrogens is 480 g/mol. The number of hydrogen-bond acceptors (Lipinski definition) is 5. The highest BCUT2D eigenvalue weighted by atomic mass is 32.2. The van der Waals surface area contributed by atoms with E-state index >= 15 is 0 Å². The fourth-order valence-corrected chi connectivity index (χ4v) is 4.94. The second-order valence-electron chi connectivity index (χ2n) is 8.22. The van der Waals surface area contributed by atoms with E-state index in [1.165, 1.54) is 11.8 Å². The molecule has 37 heavy (non-hydrogen) atoms. The van der Waals surface area contributed by atoms with Crippen LogP contribution in [0.25, 0.3) is 23.0 Å². The van der Waals surface area contributed by atoms with Crippen molar-refractivity contribution in [1.29, 1.82) is 0 Å². The van der Waals surface area contributed by atoms with Crippen molar-refractivity contribution < 1.29 is 9.53 Å². The second-order valence-corrected chi connectivity index (χ2v) is 9.22. The van der Waals surface area contributed by atoms with E-state index in [9.17, 15) is 4.79 Å². The largest absolute Gasteiger partial charge is 0.494 e. The van der Waals surface area contributed by atoms with Crippen LogP contribution in [0.4, 0.5) is 5.69 Å². The Balaban J connectivity index is 1.53. The molecule has 0 N–H and O–H groups in total. The normalized spacial score (nSPS) is 15.5. The molecule has 0 radical (unpaired) electrons. The van der Waals surface area contributed by atoms with Crippen molar-refractivity contribution in [3.05, 3.63) is 114 Å². The number of aliphatic imine (C=N–C) groups is 1. The molecule has 4 aromatic rings. The summed E-state index contributed by atoms with van der Waals surface area (Å²) in [6.07, 6.45) is 5.56. The number of benzene rings is 3. The Hall–Kier alpha value is -4.36. The van der Waals surface area contributed by atoms with Gasteiger partial charge in [-0.1, -0.05) is 54.6 Å². The van der Waals surface area contributed by atoms with Gasteiger partial charge in [0.05, 0.1) is 28.6 Å². The second kappa shape index (κ2) is 11.1. The van der Waals surface area contributed by atoms with E-state index < -0.39 is 0 Å². The fraction of sp³-hybridized carbons (Fsp3) is 0.100. The van der Waals surface area contributed by atoms with E-state index in [1.54, 1.807) is 11.0 Å². The minimum atomic E-state index is -0.110. The predicted molar refractivity (Wildman–Crippen MR) is 151 cm³/mol. The topological polar surface area (TPSA) is 59.7 Å². The Morgan fingerprint density at radius 1 is 1.00 bits per heavy atom. The van der Waals surface area contributed by atoms with Gasteiger partial charge in [0, 0.05) is 23.9 Å². The summed E-state index contributed by atoms with van der Waals surface area (Å²) in [5.41, 5.74) is 4.33. The molecule has 0 bridgehead atoms. The molecule has 0 spiro atoms. The van der Waals surface area contributed by atoms with Crippen molar-refractivity contribution in [1.82, 2.24) is 14.7 Å². The molecule has 1 amide bonds. The van der Waals surface area contributed by atoms with Gasteiger partial charge in [0.15, 0.2) is 5.17 Å². The first-order valence-electron chi connectivity index (χ1n) is 12.0. The summed E-state index contributed by atoms with van der Waals surface area (Å²) in [6.45, 7) is 6.74. The highest BCUT2D eigenvalue weighted by Gasteiger charge is 2.33. The molecule has 1 aliphatic heterocycles. The maximum atomic E-state index is 13.4. The Bertz CT molecular complexity index is 1460. The summed E-state index contributed by atoms with van der Waals surface area (Å²) in [4.78, 5) is 20.4. The van der Waals surface area contributed by atoms with Crippen LogP contribution in [-0.2, 0) is 4.79 Å². The monoisotopic (exact) mass is 506 g/mol. The predicted octanol–water partition coefficient (Wildman–Crippen LogP) is 6.73. The molecule has 1 fully saturated rings. The van der Waals surface area contributed by atoms with Gasteiger partial charge >= 0.3 is 0 Å². The van der Waals surface area contributed by atoms with E-state index in [0.717, 1.165) is 33.9 Å². The lowest BCUT2D eigenvalue weighted by atomic mass is 10.1. The van der Waals surface area contributed by atoms with Gasteiger partial charge in [0.25, 0.3) is 5.91 Å². The molecule has 2 heterocycles.